The molecule has 0 amide bonds. The predicted molar refractivity (Wildman–Crippen MR) is 58.6 cm³/mol. The third kappa shape index (κ3) is 2.37. The average Bonchev–Trinajstić information content (AvgIpc) is 2.27. The van der Waals surface area contributed by atoms with Gasteiger partial charge in [-0.3, -0.25) is 10.1 Å². The van der Waals surface area contributed by atoms with E-state index in [1.165, 1.54) is 5.56 Å². The fourth-order valence-corrected chi connectivity index (χ4v) is 2.03. The van der Waals surface area contributed by atoms with E-state index >= 15 is 0 Å². The van der Waals surface area contributed by atoms with Gasteiger partial charge < -0.3 is 10.4 Å². The summed E-state index contributed by atoms with van der Waals surface area (Å²) in [4.78, 5) is 9.84. The minimum absolute atomic E-state index is 0.222. The van der Waals surface area contributed by atoms with Gasteiger partial charge in [0.05, 0.1) is 0 Å². The van der Waals surface area contributed by atoms with Gasteiger partial charge in [0.2, 0.25) is 6.54 Å². The van der Waals surface area contributed by atoms with Crippen LogP contribution in [0, 0.1) is 10.1 Å². The van der Waals surface area contributed by atoms with Crippen LogP contribution in [-0.2, 0) is 13.0 Å². The molecule has 1 aliphatic rings. The molecule has 2 N–H and O–H groups in total. The number of hydrogen-bond donors (Lipinski definition) is 2. The van der Waals surface area contributed by atoms with E-state index in [9.17, 15) is 15.2 Å². The van der Waals surface area contributed by atoms with Crippen molar-refractivity contribution in [2.24, 2.45) is 0 Å². The summed E-state index contributed by atoms with van der Waals surface area (Å²) in [5.74, 6) is 0. The minimum atomic E-state index is -0.927. The zero-order valence-corrected chi connectivity index (χ0v) is 8.80. The van der Waals surface area contributed by atoms with Gasteiger partial charge in [-0.05, 0) is 17.5 Å². The molecule has 0 saturated carbocycles. The van der Waals surface area contributed by atoms with Gasteiger partial charge in [-0.25, -0.2) is 0 Å². The number of fused-ring (bicyclic) bond motifs is 1. The van der Waals surface area contributed by atoms with Crippen molar-refractivity contribution in [2.45, 2.75) is 25.1 Å². The first-order chi connectivity index (χ1) is 7.66. The summed E-state index contributed by atoms with van der Waals surface area (Å²) in [6.07, 6.45) is -0.283. The molecule has 0 aromatic heterocycles. The third-order valence-electron chi connectivity index (χ3n) is 2.91. The average molecular weight is 222 g/mol. The van der Waals surface area contributed by atoms with Crippen molar-refractivity contribution in [3.05, 3.63) is 45.5 Å². The zero-order chi connectivity index (χ0) is 11.5. The maximum Gasteiger partial charge on any atom is 0.230 e. The molecule has 1 heterocycles. The lowest BCUT2D eigenvalue weighted by atomic mass is 9.93. The number of nitro groups is 1. The molecule has 2 atom stereocenters. The van der Waals surface area contributed by atoms with Crippen LogP contribution < -0.4 is 5.32 Å². The van der Waals surface area contributed by atoms with Crippen molar-refractivity contribution in [2.75, 3.05) is 6.54 Å². The molecule has 1 aromatic carbocycles. The van der Waals surface area contributed by atoms with Crippen LogP contribution in [0.1, 0.15) is 11.1 Å². The summed E-state index contributed by atoms with van der Waals surface area (Å²) in [6.45, 7) is 0.259. The molecule has 0 aliphatic carbocycles. The lowest BCUT2D eigenvalue weighted by molar-refractivity contribution is -0.491. The molecule has 5 nitrogen and oxygen atoms in total. The molecule has 0 saturated heterocycles. The maximum absolute atomic E-state index is 10.3. The Morgan fingerprint density at radius 2 is 2.19 bits per heavy atom. The Morgan fingerprint density at radius 1 is 1.50 bits per heavy atom. The van der Waals surface area contributed by atoms with Crippen molar-refractivity contribution in [1.82, 2.24) is 5.32 Å². The molecule has 1 aliphatic heterocycles. The summed E-state index contributed by atoms with van der Waals surface area (Å²) in [5, 5.41) is 23.1. The van der Waals surface area contributed by atoms with Crippen LogP contribution in [0.25, 0.3) is 0 Å². The highest BCUT2D eigenvalue weighted by atomic mass is 16.6. The Bertz CT molecular complexity index is 395. The van der Waals surface area contributed by atoms with Gasteiger partial charge in [0.1, 0.15) is 6.10 Å². The van der Waals surface area contributed by atoms with Crippen molar-refractivity contribution in [1.29, 1.82) is 0 Å². The second-order valence-electron chi connectivity index (χ2n) is 4.04. The topological polar surface area (TPSA) is 75.4 Å². The van der Waals surface area contributed by atoms with Gasteiger partial charge in [-0.15, -0.1) is 0 Å². The minimum Gasteiger partial charge on any atom is -0.385 e. The van der Waals surface area contributed by atoms with Crippen molar-refractivity contribution in [3.63, 3.8) is 0 Å². The standard InChI is InChI=1S/C11H14N2O3/c14-11(7-13(15)16)10-5-8-3-1-2-4-9(8)6-12-10/h1-4,10-12,14H,5-7H2/t10-,11-/m1/s1. The van der Waals surface area contributed by atoms with Gasteiger partial charge in [0.25, 0.3) is 0 Å². The number of hydrogen-bond acceptors (Lipinski definition) is 4. The van der Waals surface area contributed by atoms with Crippen LogP contribution in [-0.4, -0.2) is 28.7 Å². The van der Waals surface area contributed by atoms with E-state index in [-0.39, 0.29) is 6.04 Å². The van der Waals surface area contributed by atoms with E-state index in [0.717, 1.165) is 5.56 Å². The van der Waals surface area contributed by atoms with E-state index in [4.69, 9.17) is 0 Å². The smallest absolute Gasteiger partial charge is 0.230 e. The van der Waals surface area contributed by atoms with Gasteiger partial charge in [0, 0.05) is 17.5 Å². The summed E-state index contributed by atoms with van der Waals surface area (Å²) in [6, 6.07) is 7.72. The van der Waals surface area contributed by atoms with Crippen molar-refractivity contribution in [3.8, 4) is 0 Å². The molecule has 0 spiro atoms. The predicted octanol–water partition coefficient (Wildman–Crippen LogP) is 0.338. The number of aliphatic hydroxyl groups is 1. The first-order valence-electron chi connectivity index (χ1n) is 5.27. The normalized spacial score (nSPS) is 21.2. The van der Waals surface area contributed by atoms with E-state index in [0.29, 0.717) is 13.0 Å². The number of rotatable bonds is 3. The van der Waals surface area contributed by atoms with Crippen LogP contribution in [0.3, 0.4) is 0 Å². The highest BCUT2D eigenvalue weighted by molar-refractivity contribution is 5.30. The van der Waals surface area contributed by atoms with E-state index in [2.05, 4.69) is 5.32 Å². The lowest BCUT2D eigenvalue weighted by Gasteiger charge is -2.28. The Hall–Kier alpha value is -1.46. The molecule has 2 rings (SSSR count). The molecule has 0 bridgehead atoms. The molecular formula is C11H14N2O3. The molecule has 16 heavy (non-hydrogen) atoms. The first-order valence-corrected chi connectivity index (χ1v) is 5.27. The van der Waals surface area contributed by atoms with Crippen LogP contribution in [0.4, 0.5) is 0 Å². The SMILES string of the molecule is O=[N+]([O-])C[C@@H](O)[C@H]1Cc2ccccc2CN1. The Labute approximate surface area is 93.2 Å². The fourth-order valence-electron chi connectivity index (χ4n) is 2.03. The molecule has 0 radical (unpaired) electrons. The summed E-state index contributed by atoms with van der Waals surface area (Å²) in [5.41, 5.74) is 2.36. The number of benzene rings is 1. The fraction of sp³-hybridized carbons (Fsp3) is 0.455. The van der Waals surface area contributed by atoms with E-state index < -0.39 is 17.6 Å². The van der Waals surface area contributed by atoms with Gasteiger partial charge >= 0.3 is 0 Å². The third-order valence-corrected chi connectivity index (χ3v) is 2.91. The largest absolute Gasteiger partial charge is 0.385 e. The second kappa shape index (κ2) is 4.59. The molecular weight excluding hydrogens is 208 g/mol. The number of aliphatic hydroxyl groups excluding tert-OH is 1. The number of nitrogens with one attached hydrogen (secondary N) is 1. The highest BCUT2D eigenvalue weighted by Gasteiger charge is 2.27. The van der Waals surface area contributed by atoms with Crippen LogP contribution in [0.5, 0.6) is 0 Å². The molecule has 1 aromatic rings. The Balaban J connectivity index is 2.05. The summed E-state index contributed by atoms with van der Waals surface area (Å²) >= 11 is 0. The molecule has 0 fully saturated rings. The van der Waals surface area contributed by atoms with Crippen molar-refractivity contribution >= 4 is 0 Å². The van der Waals surface area contributed by atoms with Gasteiger partial charge in [-0.2, -0.15) is 0 Å². The zero-order valence-electron chi connectivity index (χ0n) is 8.80. The van der Waals surface area contributed by atoms with Crippen LogP contribution >= 0.6 is 0 Å². The maximum atomic E-state index is 10.3. The van der Waals surface area contributed by atoms with Gasteiger partial charge in [0.15, 0.2) is 0 Å². The molecule has 0 unspecified atom stereocenters. The first kappa shape index (κ1) is 11.0. The van der Waals surface area contributed by atoms with Gasteiger partial charge in [-0.1, -0.05) is 24.3 Å². The summed E-state index contributed by atoms with van der Waals surface area (Å²) < 4.78 is 0. The van der Waals surface area contributed by atoms with E-state index in [1.54, 1.807) is 0 Å². The van der Waals surface area contributed by atoms with Crippen LogP contribution in [0.15, 0.2) is 24.3 Å². The number of nitrogens with zero attached hydrogens (tertiary/aromatic N) is 1. The van der Waals surface area contributed by atoms with Crippen LogP contribution in [0.2, 0.25) is 0 Å². The quantitative estimate of drug-likeness (QED) is 0.571. The monoisotopic (exact) mass is 222 g/mol. The molecule has 5 heteroatoms. The highest BCUT2D eigenvalue weighted by Crippen LogP contribution is 2.17. The van der Waals surface area contributed by atoms with E-state index in [1.807, 2.05) is 24.3 Å². The Kier molecular flexibility index (Phi) is 3.17. The molecule has 86 valence electrons. The Morgan fingerprint density at radius 3 is 2.88 bits per heavy atom. The summed E-state index contributed by atoms with van der Waals surface area (Å²) in [7, 11) is 0. The lowest BCUT2D eigenvalue weighted by Crippen LogP contribution is -2.47. The van der Waals surface area contributed by atoms with Crippen molar-refractivity contribution < 1.29 is 10.0 Å². The second-order valence-corrected chi connectivity index (χ2v) is 4.04.